The molecule has 7 heteroatoms. The molecule has 0 spiro atoms. The quantitative estimate of drug-likeness (QED) is 0.605. The number of carbonyl (C=O) groups excluding carboxylic acids is 1. The fraction of sp³-hybridized carbons (Fsp3) is 0.273. The number of fused-ring (bicyclic) bond motifs is 1. The number of hydrogen-bond donors (Lipinski definition) is 0. The summed E-state index contributed by atoms with van der Waals surface area (Å²) in [5, 5.41) is -0.00832. The summed E-state index contributed by atoms with van der Waals surface area (Å²) in [6.07, 6.45) is 1.66. The lowest BCUT2D eigenvalue weighted by Crippen LogP contribution is -2.11. The smallest absolute Gasteiger partial charge is 0.196 e. The summed E-state index contributed by atoms with van der Waals surface area (Å²) in [5.41, 5.74) is 0.478. The fourth-order valence-corrected chi connectivity index (χ4v) is 3.32. The van der Waals surface area contributed by atoms with E-state index in [2.05, 4.69) is 27.6 Å². The van der Waals surface area contributed by atoms with Crippen molar-refractivity contribution in [3.05, 3.63) is 27.6 Å². The standard InChI is InChI=1S/C11H11IN2O3S/c1-3-18(16,17)11-10(7(2)15)13-9-5-4-8(12)6-14(9)11/h4-6H,3H2,1-2H3. The molecule has 2 heterocycles. The molecule has 0 fully saturated rings. The minimum Gasteiger partial charge on any atom is -0.293 e. The summed E-state index contributed by atoms with van der Waals surface area (Å²) in [6.45, 7) is 2.87. The van der Waals surface area contributed by atoms with Crippen molar-refractivity contribution in [1.29, 1.82) is 0 Å². The normalized spacial score (nSPS) is 11.9. The van der Waals surface area contributed by atoms with Crippen LogP contribution in [0.4, 0.5) is 0 Å². The molecule has 0 atom stereocenters. The van der Waals surface area contributed by atoms with Gasteiger partial charge in [0.2, 0.25) is 0 Å². The van der Waals surface area contributed by atoms with Crippen LogP contribution in [-0.2, 0) is 9.84 Å². The van der Waals surface area contributed by atoms with Crippen LogP contribution in [0.5, 0.6) is 0 Å². The zero-order valence-electron chi connectivity index (χ0n) is 9.84. The number of hydrogen-bond acceptors (Lipinski definition) is 4. The second kappa shape index (κ2) is 4.61. The van der Waals surface area contributed by atoms with E-state index in [0.29, 0.717) is 5.65 Å². The Morgan fingerprint density at radius 2 is 2.11 bits per heavy atom. The molecule has 0 saturated carbocycles. The number of pyridine rings is 1. The molecular weight excluding hydrogens is 367 g/mol. The third-order valence-corrected chi connectivity index (χ3v) is 4.92. The summed E-state index contributed by atoms with van der Waals surface area (Å²) >= 11 is 2.08. The number of imidazole rings is 1. The lowest BCUT2D eigenvalue weighted by molar-refractivity contribution is 0.101. The molecule has 0 amide bonds. The Morgan fingerprint density at radius 1 is 1.44 bits per heavy atom. The molecule has 0 aromatic carbocycles. The summed E-state index contributed by atoms with van der Waals surface area (Å²) in [4.78, 5) is 15.6. The molecule has 2 aromatic heterocycles. The first kappa shape index (κ1) is 13.5. The zero-order valence-corrected chi connectivity index (χ0v) is 12.8. The number of aromatic nitrogens is 2. The number of halogens is 1. The van der Waals surface area contributed by atoms with Crippen LogP contribution in [0, 0.1) is 3.57 Å². The Hall–Kier alpha value is -0.960. The minimum atomic E-state index is -3.50. The zero-order chi connectivity index (χ0) is 13.5. The Labute approximate surface area is 118 Å². The molecule has 0 N–H and O–H groups in total. The highest BCUT2D eigenvalue weighted by atomic mass is 127. The van der Waals surface area contributed by atoms with E-state index in [0.717, 1.165) is 3.57 Å². The summed E-state index contributed by atoms with van der Waals surface area (Å²) in [5.74, 6) is -0.409. The summed E-state index contributed by atoms with van der Waals surface area (Å²) in [6, 6.07) is 3.51. The Balaban J connectivity index is 2.94. The van der Waals surface area contributed by atoms with E-state index in [-0.39, 0.29) is 22.3 Å². The van der Waals surface area contributed by atoms with Gasteiger partial charge >= 0.3 is 0 Å². The first-order valence-electron chi connectivity index (χ1n) is 5.28. The van der Waals surface area contributed by atoms with Crippen LogP contribution in [0.2, 0.25) is 0 Å². The van der Waals surface area contributed by atoms with Gasteiger partial charge in [0.25, 0.3) is 0 Å². The van der Waals surface area contributed by atoms with Gasteiger partial charge in [0.1, 0.15) is 11.3 Å². The van der Waals surface area contributed by atoms with Gasteiger partial charge in [-0.15, -0.1) is 0 Å². The Kier molecular flexibility index (Phi) is 3.45. The van der Waals surface area contributed by atoms with Gasteiger partial charge < -0.3 is 0 Å². The summed E-state index contributed by atoms with van der Waals surface area (Å²) < 4.78 is 26.5. The first-order chi connectivity index (χ1) is 8.36. The van der Waals surface area contributed by atoms with Crippen LogP contribution in [0.25, 0.3) is 5.65 Å². The van der Waals surface area contributed by atoms with Gasteiger partial charge in [-0.3, -0.25) is 9.20 Å². The van der Waals surface area contributed by atoms with Gasteiger partial charge in [-0.25, -0.2) is 13.4 Å². The SMILES string of the molecule is CCS(=O)(=O)c1c(C(C)=O)nc2ccc(I)cn12. The van der Waals surface area contributed by atoms with Gasteiger partial charge in [-0.2, -0.15) is 0 Å². The number of sulfone groups is 1. The van der Waals surface area contributed by atoms with Gasteiger partial charge in [0.05, 0.1) is 5.75 Å². The van der Waals surface area contributed by atoms with E-state index in [1.54, 1.807) is 19.2 Å². The van der Waals surface area contributed by atoms with Crippen molar-refractivity contribution >= 4 is 43.9 Å². The van der Waals surface area contributed by atoms with E-state index in [9.17, 15) is 13.2 Å². The number of Topliss-reactive ketones (excluding diaryl/α,β-unsaturated/α-hetero) is 1. The molecule has 0 aliphatic rings. The van der Waals surface area contributed by atoms with Crippen molar-refractivity contribution in [2.45, 2.75) is 18.9 Å². The van der Waals surface area contributed by atoms with Crippen molar-refractivity contribution < 1.29 is 13.2 Å². The van der Waals surface area contributed by atoms with Crippen LogP contribution < -0.4 is 0 Å². The molecule has 18 heavy (non-hydrogen) atoms. The highest BCUT2D eigenvalue weighted by molar-refractivity contribution is 14.1. The molecule has 0 unspecified atom stereocenters. The van der Waals surface area contributed by atoms with Crippen molar-refractivity contribution in [3.8, 4) is 0 Å². The minimum absolute atomic E-state index is 0.00832. The Bertz CT molecular complexity index is 734. The maximum Gasteiger partial charge on any atom is 0.196 e. The van der Waals surface area contributed by atoms with Crippen LogP contribution >= 0.6 is 22.6 Å². The third kappa shape index (κ3) is 2.16. The number of rotatable bonds is 3. The van der Waals surface area contributed by atoms with Crippen LogP contribution in [0.15, 0.2) is 23.4 Å². The van der Waals surface area contributed by atoms with Gasteiger partial charge in [-0.1, -0.05) is 6.92 Å². The topological polar surface area (TPSA) is 68.5 Å². The van der Waals surface area contributed by atoms with Gasteiger partial charge in [0.15, 0.2) is 20.6 Å². The van der Waals surface area contributed by atoms with E-state index >= 15 is 0 Å². The predicted molar refractivity (Wildman–Crippen MR) is 75.6 cm³/mol. The molecule has 0 bridgehead atoms. The first-order valence-corrected chi connectivity index (χ1v) is 8.01. The molecule has 0 aliphatic carbocycles. The maximum absolute atomic E-state index is 12.1. The second-order valence-electron chi connectivity index (χ2n) is 3.80. The number of ketones is 1. The van der Waals surface area contributed by atoms with Crippen LogP contribution in [-0.4, -0.2) is 29.3 Å². The maximum atomic E-state index is 12.1. The molecule has 0 aliphatic heterocycles. The molecule has 2 aromatic rings. The average molecular weight is 378 g/mol. The molecule has 2 rings (SSSR count). The van der Waals surface area contributed by atoms with E-state index in [4.69, 9.17) is 0 Å². The third-order valence-electron chi connectivity index (χ3n) is 2.55. The Morgan fingerprint density at radius 3 is 2.67 bits per heavy atom. The van der Waals surface area contributed by atoms with Crippen molar-refractivity contribution in [2.75, 3.05) is 5.75 Å². The van der Waals surface area contributed by atoms with Gasteiger partial charge in [0, 0.05) is 16.7 Å². The van der Waals surface area contributed by atoms with Crippen molar-refractivity contribution in [3.63, 3.8) is 0 Å². The lowest BCUT2D eigenvalue weighted by atomic mass is 10.3. The van der Waals surface area contributed by atoms with E-state index in [1.165, 1.54) is 11.3 Å². The highest BCUT2D eigenvalue weighted by Crippen LogP contribution is 2.21. The highest BCUT2D eigenvalue weighted by Gasteiger charge is 2.25. The summed E-state index contributed by atoms with van der Waals surface area (Å²) in [7, 11) is -3.50. The molecular formula is C11H11IN2O3S. The monoisotopic (exact) mass is 378 g/mol. The van der Waals surface area contributed by atoms with E-state index < -0.39 is 9.84 Å². The second-order valence-corrected chi connectivity index (χ2v) is 7.24. The molecule has 0 radical (unpaired) electrons. The molecule has 5 nitrogen and oxygen atoms in total. The van der Waals surface area contributed by atoms with Crippen molar-refractivity contribution in [2.24, 2.45) is 0 Å². The van der Waals surface area contributed by atoms with Crippen LogP contribution in [0.3, 0.4) is 0 Å². The number of nitrogens with zero attached hydrogens (tertiary/aromatic N) is 2. The predicted octanol–water partition coefficient (Wildman–Crippen LogP) is 1.94. The molecule has 96 valence electrons. The van der Waals surface area contributed by atoms with Gasteiger partial charge in [-0.05, 0) is 34.7 Å². The van der Waals surface area contributed by atoms with Crippen molar-refractivity contribution in [1.82, 2.24) is 9.38 Å². The molecule has 0 saturated heterocycles. The largest absolute Gasteiger partial charge is 0.293 e. The van der Waals surface area contributed by atoms with Crippen LogP contribution in [0.1, 0.15) is 24.3 Å². The number of carbonyl (C=O) groups is 1. The lowest BCUT2D eigenvalue weighted by Gasteiger charge is -2.03. The fourth-order valence-electron chi connectivity index (χ4n) is 1.66. The average Bonchev–Trinajstić information content (AvgIpc) is 2.68. The van der Waals surface area contributed by atoms with E-state index in [1.807, 2.05) is 6.07 Å².